The topological polar surface area (TPSA) is 20.3 Å². The van der Waals surface area contributed by atoms with Crippen molar-refractivity contribution in [2.45, 2.75) is 38.0 Å². The highest BCUT2D eigenvalue weighted by Gasteiger charge is 2.52. The van der Waals surface area contributed by atoms with Crippen molar-refractivity contribution < 1.29 is 4.79 Å². The number of rotatable bonds is 2. The molecule has 2 fully saturated rings. The van der Waals surface area contributed by atoms with Crippen molar-refractivity contribution in [3.63, 3.8) is 0 Å². The third-order valence-electron chi connectivity index (χ3n) is 4.56. The van der Waals surface area contributed by atoms with Crippen molar-refractivity contribution in [3.8, 4) is 0 Å². The lowest BCUT2D eigenvalue weighted by atomic mass is 9.92. The fourth-order valence-electron chi connectivity index (χ4n) is 3.02. The smallest absolute Gasteiger partial charge is 0.233 e. The van der Waals surface area contributed by atoms with Crippen molar-refractivity contribution in [2.75, 3.05) is 13.1 Å². The molecule has 2 aliphatic rings. The van der Waals surface area contributed by atoms with Crippen LogP contribution < -0.4 is 0 Å². The standard InChI is InChI=1S/C16H21NO/c1-13-7-11-17(12-8-13)15(18)16(9-10-16)14-5-3-2-4-6-14/h2-6,13H,7-12H2,1H3. The molecular formula is C16H21NO. The summed E-state index contributed by atoms with van der Waals surface area (Å²) in [7, 11) is 0. The summed E-state index contributed by atoms with van der Waals surface area (Å²) in [5.41, 5.74) is 1.05. The Morgan fingerprint density at radius 3 is 2.33 bits per heavy atom. The Balaban J connectivity index is 1.77. The molecule has 96 valence electrons. The third kappa shape index (κ3) is 1.94. The molecule has 1 heterocycles. The zero-order chi connectivity index (χ0) is 12.6. The molecule has 0 N–H and O–H groups in total. The number of carbonyl (C=O) groups is 1. The number of hydrogen-bond acceptors (Lipinski definition) is 1. The van der Waals surface area contributed by atoms with Crippen LogP contribution in [0.2, 0.25) is 0 Å². The van der Waals surface area contributed by atoms with E-state index in [1.807, 2.05) is 18.2 Å². The number of amides is 1. The first kappa shape index (κ1) is 11.8. The molecule has 1 aromatic rings. The second kappa shape index (κ2) is 4.42. The first-order chi connectivity index (χ1) is 8.72. The maximum atomic E-state index is 12.7. The number of carbonyl (C=O) groups excluding carboxylic acids is 1. The van der Waals surface area contributed by atoms with Crippen LogP contribution in [0.25, 0.3) is 0 Å². The summed E-state index contributed by atoms with van der Waals surface area (Å²) in [5.74, 6) is 1.15. The predicted molar refractivity (Wildman–Crippen MR) is 72.3 cm³/mol. The molecule has 0 atom stereocenters. The van der Waals surface area contributed by atoms with E-state index in [4.69, 9.17) is 0 Å². The maximum Gasteiger partial charge on any atom is 0.233 e. The molecule has 3 rings (SSSR count). The molecule has 1 aliphatic heterocycles. The summed E-state index contributed by atoms with van der Waals surface area (Å²) in [4.78, 5) is 14.8. The van der Waals surface area contributed by atoms with E-state index >= 15 is 0 Å². The molecule has 1 amide bonds. The zero-order valence-electron chi connectivity index (χ0n) is 11.1. The molecule has 18 heavy (non-hydrogen) atoms. The van der Waals surface area contributed by atoms with E-state index in [2.05, 4.69) is 24.0 Å². The Kier molecular flexibility index (Phi) is 2.89. The molecule has 1 saturated heterocycles. The molecule has 0 bridgehead atoms. The van der Waals surface area contributed by atoms with Crippen molar-refractivity contribution in [3.05, 3.63) is 35.9 Å². The lowest BCUT2D eigenvalue weighted by Gasteiger charge is -2.33. The van der Waals surface area contributed by atoms with Gasteiger partial charge in [0.2, 0.25) is 5.91 Å². The minimum Gasteiger partial charge on any atom is -0.342 e. The van der Waals surface area contributed by atoms with E-state index in [-0.39, 0.29) is 5.41 Å². The van der Waals surface area contributed by atoms with Gasteiger partial charge < -0.3 is 4.90 Å². The number of benzene rings is 1. The first-order valence-corrected chi connectivity index (χ1v) is 7.07. The Morgan fingerprint density at radius 2 is 1.78 bits per heavy atom. The van der Waals surface area contributed by atoms with E-state index in [9.17, 15) is 4.79 Å². The van der Waals surface area contributed by atoms with Gasteiger partial charge in [0.25, 0.3) is 0 Å². The summed E-state index contributed by atoms with van der Waals surface area (Å²) in [6.07, 6.45) is 4.39. The van der Waals surface area contributed by atoms with Crippen LogP contribution in [0.15, 0.2) is 30.3 Å². The van der Waals surface area contributed by atoms with Crippen LogP contribution in [0.1, 0.15) is 38.2 Å². The summed E-state index contributed by atoms with van der Waals surface area (Å²) in [6.45, 7) is 4.19. The average Bonchev–Trinajstić information content (AvgIpc) is 3.21. The lowest BCUT2D eigenvalue weighted by Crippen LogP contribution is -2.43. The highest BCUT2D eigenvalue weighted by atomic mass is 16.2. The fourth-order valence-corrected chi connectivity index (χ4v) is 3.02. The zero-order valence-corrected chi connectivity index (χ0v) is 11.1. The molecule has 2 heteroatoms. The van der Waals surface area contributed by atoms with Gasteiger partial charge in [-0.2, -0.15) is 0 Å². The number of piperidine rings is 1. The molecule has 0 unspecified atom stereocenters. The van der Waals surface area contributed by atoms with Gasteiger partial charge in [-0.3, -0.25) is 4.79 Å². The van der Waals surface area contributed by atoms with E-state index in [1.54, 1.807) is 0 Å². The van der Waals surface area contributed by atoms with Crippen molar-refractivity contribution in [2.24, 2.45) is 5.92 Å². The SMILES string of the molecule is CC1CCN(C(=O)C2(c3ccccc3)CC2)CC1. The Morgan fingerprint density at radius 1 is 1.17 bits per heavy atom. The van der Waals surface area contributed by atoms with Crippen LogP contribution in [0, 0.1) is 5.92 Å². The maximum absolute atomic E-state index is 12.7. The molecule has 0 radical (unpaired) electrons. The minimum absolute atomic E-state index is 0.165. The fraction of sp³-hybridized carbons (Fsp3) is 0.562. The van der Waals surface area contributed by atoms with Gasteiger partial charge in [-0.1, -0.05) is 37.3 Å². The first-order valence-electron chi connectivity index (χ1n) is 7.07. The van der Waals surface area contributed by atoms with Gasteiger partial charge in [-0.05, 0) is 37.2 Å². The number of nitrogens with zero attached hydrogens (tertiary/aromatic N) is 1. The Bertz CT molecular complexity index is 428. The van der Waals surface area contributed by atoms with Gasteiger partial charge in [-0.25, -0.2) is 0 Å². The highest BCUT2D eigenvalue weighted by Crippen LogP contribution is 2.49. The molecule has 1 aromatic carbocycles. The summed E-state index contributed by atoms with van der Waals surface area (Å²) >= 11 is 0. The Hall–Kier alpha value is -1.31. The van der Waals surface area contributed by atoms with Crippen LogP contribution in [-0.2, 0) is 10.2 Å². The van der Waals surface area contributed by atoms with Crippen molar-refractivity contribution >= 4 is 5.91 Å². The van der Waals surface area contributed by atoms with Gasteiger partial charge in [-0.15, -0.1) is 0 Å². The molecule has 2 nitrogen and oxygen atoms in total. The second-order valence-corrected chi connectivity index (χ2v) is 5.92. The molecule has 1 aliphatic carbocycles. The van der Waals surface area contributed by atoms with Crippen molar-refractivity contribution in [1.82, 2.24) is 4.90 Å². The van der Waals surface area contributed by atoms with Crippen LogP contribution in [0.5, 0.6) is 0 Å². The van der Waals surface area contributed by atoms with E-state index in [1.165, 1.54) is 5.56 Å². The van der Waals surface area contributed by atoms with Crippen LogP contribution in [0.4, 0.5) is 0 Å². The normalized spacial score (nSPS) is 22.8. The van der Waals surface area contributed by atoms with Gasteiger partial charge >= 0.3 is 0 Å². The van der Waals surface area contributed by atoms with E-state index in [0.717, 1.165) is 44.7 Å². The van der Waals surface area contributed by atoms with Gasteiger partial charge in [0.15, 0.2) is 0 Å². The van der Waals surface area contributed by atoms with Crippen LogP contribution in [-0.4, -0.2) is 23.9 Å². The molecular weight excluding hydrogens is 222 g/mol. The van der Waals surface area contributed by atoms with Crippen LogP contribution >= 0.6 is 0 Å². The molecule has 1 saturated carbocycles. The molecule has 0 spiro atoms. The monoisotopic (exact) mass is 243 g/mol. The van der Waals surface area contributed by atoms with Crippen molar-refractivity contribution in [1.29, 1.82) is 0 Å². The summed E-state index contributed by atoms with van der Waals surface area (Å²) < 4.78 is 0. The largest absolute Gasteiger partial charge is 0.342 e. The van der Waals surface area contributed by atoms with Gasteiger partial charge in [0.05, 0.1) is 5.41 Å². The van der Waals surface area contributed by atoms with E-state index in [0.29, 0.717) is 5.91 Å². The summed E-state index contributed by atoms with van der Waals surface area (Å²) in [5, 5.41) is 0. The van der Waals surface area contributed by atoms with Gasteiger partial charge in [0, 0.05) is 13.1 Å². The van der Waals surface area contributed by atoms with Crippen LogP contribution in [0.3, 0.4) is 0 Å². The quantitative estimate of drug-likeness (QED) is 0.782. The number of hydrogen-bond donors (Lipinski definition) is 0. The Labute approximate surface area is 109 Å². The highest BCUT2D eigenvalue weighted by molar-refractivity contribution is 5.91. The van der Waals surface area contributed by atoms with Gasteiger partial charge in [0.1, 0.15) is 0 Å². The lowest BCUT2D eigenvalue weighted by molar-refractivity contribution is -0.135. The predicted octanol–water partition coefficient (Wildman–Crippen LogP) is 2.98. The average molecular weight is 243 g/mol. The molecule has 0 aromatic heterocycles. The van der Waals surface area contributed by atoms with E-state index < -0.39 is 0 Å². The summed E-state index contributed by atoms with van der Waals surface area (Å²) in [6, 6.07) is 10.3. The third-order valence-corrected chi connectivity index (χ3v) is 4.56. The minimum atomic E-state index is -0.165. The number of likely N-dealkylation sites (tertiary alicyclic amines) is 1. The second-order valence-electron chi connectivity index (χ2n) is 5.92.